The zero-order valence-electron chi connectivity index (χ0n) is 17.7. The molecular weight excluding hydrogens is 418 g/mol. The third-order valence-electron chi connectivity index (χ3n) is 5.10. The van der Waals surface area contributed by atoms with E-state index in [-0.39, 0.29) is 11.7 Å². The van der Waals surface area contributed by atoms with E-state index in [9.17, 15) is 18.0 Å². The van der Waals surface area contributed by atoms with E-state index >= 15 is 0 Å². The largest absolute Gasteiger partial charge is 0.383 e. The minimum Gasteiger partial charge on any atom is -0.383 e. The van der Waals surface area contributed by atoms with Crippen molar-refractivity contribution in [1.29, 1.82) is 0 Å². The summed E-state index contributed by atoms with van der Waals surface area (Å²) in [6.07, 6.45) is 1.42. The van der Waals surface area contributed by atoms with Crippen LogP contribution in [0.4, 0.5) is 11.4 Å². The Balaban J connectivity index is 1.83. The van der Waals surface area contributed by atoms with Crippen LogP contribution >= 0.6 is 0 Å². The molecule has 2 aromatic rings. The molecule has 0 saturated carbocycles. The van der Waals surface area contributed by atoms with Crippen molar-refractivity contribution in [3.63, 3.8) is 0 Å². The standard InChI is InChI=1S/C22H27N3O5S/c1-16-9-10-17(15-20(16)25-12-5-6-14-31(25,28)29)21(26)24-19-8-4-3-7-18(19)22(27)23-11-13-30-2/h3-4,7-10,15H,5-6,11-14H2,1-2H3,(H,23,27)(H,24,26). The molecule has 1 saturated heterocycles. The minimum absolute atomic E-state index is 0.106. The molecule has 1 aliphatic heterocycles. The summed E-state index contributed by atoms with van der Waals surface area (Å²) in [7, 11) is -1.84. The highest BCUT2D eigenvalue weighted by atomic mass is 32.2. The maximum atomic E-state index is 12.9. The number of ether oxygens (including phenoxy) is 1. The summed E-state index contributed by atoms with van der Waals surface area (Å²) in [4.78, 5) is 25.4. The summed E-state index contributed by atoms with van der Waals surface area (Å²) in [5.41, 5.74) is 2.31. The smallest absolute Gasteiger partial charge is 0.255 e. The van der Waals surface area contributed by atoms with Gasteiger partial charge in [-0.3, -0.25) is 13.9 Å². The fourth-order valence-corrected chi connectivity index (χ4v) is 5.12. The SMILES string of the molecule is COCCNC(=O)c1ccccc1NC(=O)c1ccc(C)c(N2CCCCS2(=O)=O)c1. The van der Waals surface area contributed by atoms with Crippen LogP contribution in [0.2, 0.25) is 0 Å². The van der Waals surface area contributed by atoms with Crippen molar-refractivity contribution in [1.82, 2.24) is 5.32 Å². The molecular formula is C22H27N3O5S. The van der Waals surface area contributed by atoms with Crippen molar-refractivity contribution < 1.29 is 22.7 Å². The van der Waals surface area contributed by atoms with Crippen molar-refractivity contribution in [2.75, 3.05) is 42.2 Å². The zero-order valence-corrected chi connectivity index (χ0v) is 18.5. The Morgan fingerprint density at radius 3 is 2.61 bits per heavy atom. The Hall–Kier alpha value is -2.91. The summed E-state index contributed by atoms with van der Waals surface area (Å²) >= 11 is 0. The lowest BCUT2D eigenvalue weighted by Gasteiger charge is -2.29. The van der Waals surface area contributed by atoms with Crippen LogP contribution in [-0.4, -0.2) is 52.8 Å². The summed E-state index contributed by atoms with van der Waals surface area (Å²) in [6.45, 7) is 2.95. The normalized spacial score (nSPS) is 15.4. The number of carbonyl (C=O) groups is 2. The van der Waals surface area contributed by atoms with Crippen LogP contribution in [0.1, 0.15) is 39.1 Å². The summed E-state index contributed by atoms with van der Waals surface area (Å²) < 4.78 is 31.3. The number of nitrogens with one attached hydrogen (secondary N) is 2. The highest BCUT2D eigenvalue weighted by Crippen LogP contribution is 2.28. The van der Waals surface area contributed by atoms with Gasteiger partial charge in [0.1, 0.15) is 0 Å². The van der Waals surface area contributed by atoms with Gasteiger partial charge in [0.25, 0.3) is 11.8 Å². The van der Waals surface area contributed by atoms with E-state index in [0.717, 1.165) is 12.0 Å². The van der Waals surface area contributed by atoms with Crippen molar-refractivity contribution in [2.24, 2.45) is 0 Å². The second kappa shape index (κ2) is 9.93. The van der Waals surface area contributed by atoms with E-state index in [1.165, 1.54) is 4.31 Å². The second-order valence-electron chi connectivity index (χ2n) is 7.34. The zero-order chi connectivity index (χ0) is 22.4. The molecule has 0 aromatic heterocycles. The Labute approximate surface area is 182 Å². The highest BCUT2D eigenvalue weighted by Gasteiger charge is 2.27. The number of sulfonamides is 1. The van der Waals surface area contributed by atoms with E-state index < -0.39 is 15.9 Å². The lowest BCUT2D eigenvalue weighted by atomic mass is 10.1. The number of benzene rings is 2. The molecule has 0 aliphatic carbocycles. The average molecular weight is 446 g/mol. The van der Waals surface area contributed by atoms with Crippen LogP contribution < -0.4 is 14.9 Å². The molecule has 8 nitrogen and oxygen atoms in total. The lowest BCUT2D eigenvalue weighted by molar-refractivity contribution is 0.0938. The first-order valence-corrected chi connectivity index (χ1v) is 11.7. The van der Waals surface area contributed by atoms with Crippen molar-refractivity contribution in [3.05, 3.63) is 59.2 Å². The number of hydrogen-bond acceptors (Lipinski definition) is 5. The quantitative estimate of drug-likeness (QED) is 0.638. The van der Waals surface area contributed by atoms with E-state index in [0.29, 0.717) is 48.6 Å². The topological polar surface area (TPSA) is 105 Å². The molecule has 31 heavy (non-hydrogen) atoms. The van der Waals surface area contributed by atoms with Crippen molar-refractivity contribution in [2.45, 2.75) is 19.8 Å². The molecule has 0 spiro atoms. The van der Waals surface area contributed by atoms with E-state index in [4.69, 9.17) is 4.74 Å². The number of para-hydroxylation sites is 1. The second-order valence-corrected chi connectivity index (χ2v) is 9.36. The molecule has 2 N–H and O–H groups in total. The van der Waals surface area contributed by atoms with Crippen LogP contribution in [0.5, 0.6) is 0 Å². The number of amides is 2. The van der Waals surface area contributed by atoms with Gasteiger partial charge in [0.05, 0.1) is 29.3 Å². The third-order valence-corrected chi connectivity index (χ3v) is 6.96. The maximum absolute atomic E-state index is 12.9. The van der Waals surface area contributed by atoms with Gasteiger partial charge in [-0.15, -0.1) is 0 Å². The predicted octanol–water partition coefficient (Wildman–Crippen LogP) is 2.55. The van der Waals surface area contributed by atoms with Gasteiger partial charge < -0.3 is 15.4 Å². The fraction of sp³-hybridized carbons (Fsp3) is 0.364. The molecule has 1 heterocycles. The first-order valence-electron chi connectivity index (χ1n) is 10.1. The number of hydrogen-bond donors (Lipinski definition) is 2. The van der Waals surface area contributed by atoms with Crippen molar-refractivity contribution >= 4 is 33.2 Å². The fourth-order valence-electron chi connectivity index (χ4n) is 3.43. The lowest BCUT2D eigenvalue weighted by Crippen LogP contribution is -2.38. The highest BCUT2D eigenvalue weighted by molar-refractivity contribution is 7.92. The molecule has 0 radical (unpaired) electrons. The minimum atomic E-state index is -3.39. The number of nitrogens with zero attached hydrogens (tertiary/aromatic N) is 1. The van der Waals surface area contributed by atoms with Crippen LogP contribution in [0.25, 0.3) is 0 Å². The number of rotatable bonds is 7. The number of methoxy groups -OCH3 is 1. The molecule has 0 atom stereocenters. The molecule has 0 bridgehead atoms. The number of carbonyl (C=O) groups excluding carboxylic acids is 2. The van der Waals surface area contributed by atoms with E-state index in [2.05, 4.69) is 10.6 Å². The summed E-state index contributed by atoms with van der Waals surface area (Å²) in [6, 6.07) is 11.7. The number of anilines is 2. The van der Waals surface area contributed by atoms with Crippen LogP contribution in [-0.2, 0) is 14.8 Å². The van der Waals surface area contributed by atoms with Gasteiger partial charge in [-0.1, -0.05) is 18.2 Å². The molecule has 2 aromatic carbocycles. The van der Waals surface area contributed by atoms with E-state index in [1.54, 1.807) is 49.6 Å². The van der Waals surface area contributed by atoms with Gasteiger partial charge in [0, 0.05) is 25.8 Å². The van der Waals surface area contributed by atoms with Crippen LogP contribution in [0.15, 0.2) is 42.5 Å². The Morgan fingerprint density at radius 2 is 1.87 bits per heavy atom. The Morgan fingerprint density at radius 1 is 1.10 bits per heavy atom. The molecule has 3 rings (SSSR count). The molecule has 2 amide bonds. The Kier molecular flexibility index (Phi) is 7.29. The summed E-state index contributed by atoms with van der Waals surface area (Å²) in [5, 5.41) is 5.50. The van der Waals surface area contributed by atoms with Crippen LogP contribution in [0, 0.1) is 6.92 Å². The van der Waals surface area contributed by atoms with Gasteiger partial charge in [-0.2, -0.15) is 0 Å². The number of aryl methyl sites for hydroxylation is 1. The van der Waals surface area contributed by atoms with Crippen LogP contribution in [0.3, 0.4) is 0 Å². The van der Waals surface area contributed by atoms with E-state index in [1.807, 2.05) is 6.92 Å². The van der Waals surface area contributed by atoms with Gasteiger partial charge in [-0.25, -0.2) is 8.42 Å². The molecule has 166 valence electrons. The molecule has 1 fully saturated rings. The van der Waals surface area contributed by atoms with Gasteiger partial charge in [-0.05, 0) is 49.6 Å². The molecule has 1 aliphatic rings. The first-order chi connectivity index (χ1) is 14.8. The third kappa shape index (κ3) is 5.42. The first kappa shape index (κ1) is 22.8. The van der Waals surface area contributed by atoms with Gasteiger partial charge >= 0.3 is 0 Å². The summed E-state index contributed by atoms with van der Waals surface area (Å²) in [5.74, 6) is -0.640. The average Bonchev–Trinajstić information content (AvgIpc) is 2.74. The van der Waals surface area contributed by atoms with Crippen molar-refractivity contribution in [3.8, 4) is 0 Å². The maximum Gasteiger partial charge on any atom is 0.255 e. The monoisotopic (exact) mass is 445 g/mol. The van der Waals surface area contributed by atoms with Gasteiger partial charge in [0.15, 0.2) is 0 Å². The Bertz CT molecular complexity index is 1070. The molecule has 9 heteroatoms. The molecule has 0 unspecified atom stereocenters. The van der Waals surface area contributed by atoms with Gasteiger partial charge in [0.2, 0.25) is 10.0 Å². The predicted molar refractivity (Wildman–Crippen MR) is 120 cm³/mol.